The molecule has 0 saturated heterocycles. The van der Waals surface area contributed by atoms with E-state index >= 15 is 0 Å². The average Bonchev–Trinajstić information content (AvgIpc) is 2.54. The summed E-state index contributed by atoms with van der Waals surface area (Å²) in [4.78, 5) is 10.7. The Morgan fingerprint density at radius 3 is 2.33 bits per heavy atom. The molecule has 1 unspecified atom stereocenters. The molecule has 0 aliphatic carbocycles. The van der Waals surface area contributed by atoms with Crippen LogP contribution >= 0.6 is 0 Å². The van der Waals surface area contributed by atoms with Gasteiger partial charge in [-0.05, 0) is 12.1 Å². The second kappa shape index (κ2) is 2.96. The molecule has 0 aliphatic rings. The largest absolute Gasteiger partial charge is 0.391 e. The van der Waals surface area contributed by atoms with Gasteiger partial charge in [-0.25, -0.2) is 0 Å². The first-order chi connectivity index (χ1) is 5.61. The lowest BCUT2D eigenvalue weighted by Crippen LogP contribution is -2.48. The number of rotatable bonds is 3. The molecule has 5 nitrogen and oxygen atoms in total. The lowest BCUT2D eigenvalue weighted by molar-refractivity contribution is -0.154. The van der Waals surface area contributed by atoms with Gasteiger partial charge in [-0.3, -0.25) is 4.79 Å². The number of hydrogen-bond acceptors (Lipinski definition) is 3. The summed E-state index contributed by atoms with van der Waals surface area (Å²) >= 11 is 0. The van der Waals surface area contributed by atoms with E-state index in [1.807, 2.05) is 0 Å². The van der Waals surface area contributed by atoms with E-state index in [9.17, 15) is 9.90 Å². The van der Waals surface area contributed by atoms with Crippen LogP contribution in [-0.4, -0.2) is 27.3 Å². The topological polar surface area (TPSA) is 88.5 Å². The minimum atomic E-state index is -2.02. The maximum absolute atomic E-state index is 10.7. The van der Waals surface area contributed by atoms with Gasteiger partial charge in [0.25, 0.3) is 5.91 Å². The maximum Gasteiger partial charge on any atom is 0.273 e. The number of hydrogen-bond donors (Lipinski definition) is 3. The molecule has 0 fully saturated rings. The Morgan fingerprint density at radius 2 is 2.00 bits per heavy atom. The highest BCUT2D eigenvalue weighted by Crippen LogP contribution is 2.10. The van der Waals surface area contributed by atoms with Crippen molar-refractivity contribution < 1.29 is 15.0 Å². The first-order valence-corrected chi connectivity index (χ1v) is 3.38. The fourth-order valence-electron chi connectivity index (χ4n) is 0.868. The summed E-state index contributed by atoms with van der Waals surface area (Å²) in [6.07, 6.45) is 2.89. The average molecular weight is 170 g/mol. The second-order valence-electron chi connectivity index (χ2n) is 2.43. The third-order valence-electron chi connectivity index (χ3n) is 1.65. The molecule has 1 amide bonds. The molecule has 0 aromatic carbocycles. The fraction of sp³-hybridized carbons (Fsp3) is 0.286. The number of aromatic nitrogens is 1. The van der Waals surface area contributed by atoms with Gasteiger partial charge in [-0.1, -0.05) is 0 Å². The zero-order valence-corrected chi connectivity index (χ0v) is 6.34. The van der Waals surface area contributed by atoms with E-state index < -0.39 is 18.2 Å². The molecule has 1 atom stereocenters. The molecule has 1 rings (SSSR count). The number of aliphatic hydroxyl groups is 2. The Morgan fingerprint density at radius 1 is 1.50 bits per heavy atom. The zero-order valence-electron chi connectivity index (χ0n) is 6.34. The molecule has 12 heavy (non-hydrogen) atoms. The summed E-state index contributed by atoms with van der Waals surface area (Å²) < 4.78 is 1.15. The van der Waals surface area contributed by atoms with Crippen LogP contribution < -0.4 is 5.73 Å². The monoisotopic (exact) mass is 170 g/mol. The molecular formula is C7H10N2O3. The molecule has 0 spiro atoms. The normalized spacial score (nSPS) is 15.5. The Hall–Kier alpha value is -1.33. The van der Waals surface area contributed by atoms with Gasteiger partial charge in [0.05, 0.1) is 0 Å². The van der Waals surface area contributed by atoms with Gasteiger partial charge in [0.2, 0.25) is 5.72 Å². The van der Waals surface area contributed by atoms with Crippen LogP contribution in [0.3, 0.4) is 0 Å². The Balaban J connectivity index is 3.04. The number of carbonyl (C=O) groups excluding carboxylic acids is 1. The van der Waals surface area contributed by atoms with Crippen molar-refractivity contribution in [2.45, 2.75) is 5.72 Å². The van der Waals surface area contributed by atoms with Crippen molar-refractivity contribution in [2.24, 2.45) is 5.73 Å². The quantitative estimate of drug-likeness (QED) is 0.522. The first kappa shape index (κ1) is 8.76. The zero-order chi connectivity index (χ0) is 9.19. The van der Waals surface area contributed by atoms with Gasteiger partial charge in [-0.15, -0.1) is 0 Å². The SMILES string of the molecule is NC(=O)C(O)(CO)n1cccc1. The van der Waals surface area contributed by atoms with Crippen LogP contribution in [-0.2, 0) is 10.5 Å². The van der Waals surface area contributed by atoms with Gasteiger partial charge in [-0.2, -0.15) is 0 Å². The minimum Gasteiger partial charge on any atom is -0.391 e. The molecule has 5 heteroatoms. The van der Waals surface area contributed by atoms with Crippen LogP contribution in [0.1, 0.15) is 0 Å². The van der Waals surface area contributed by atoms with Gasteiger partial charge < -0.3 is 20.5 Å². The molecule has 66 valence electrons. The van der Waals surface area contributed by atoms with Gasteiger partial charge >= 0.3 is 0 Å². The van der Waals surface area contributed by atoms with Crippen molar-refractivity contribution in [1.29, 1.82) is 0 Å². The molecule has 0 bridgehead atoms. The predicted octanol–water partition coefficient (Wildman–Crippen LogP) is -1.39. The number of nitrogens with two attached hydrogens (primary N) is 1. The highest BCUT2D eigenvalue weighted by molar-refractivity contribution is 5.81. The molecule has 1 aromatic rings. The first-order valence-electron chi connectivity index (χ1n) is 3.38. The summed E-state index contributed by atoms with van der Waals surface area (Å²) in [7, 11) is 0. The molecule has 0 radical (unpaired) electrons. The van der Waals surface area contributed by atoms with Crippen LogP contribution in [0.4, 0.5) is 0 Å². The van der Waals surface area contributed by atoms with Gasteiger partial charge in [0.1, 0.15) is 6.61 Å². The van der Waals surface area contributed by atoms with E-state index in [0.717, 1.165) is 4.57 Å². The highest BCUT2D eigenvalue weighted by Gasteiger charge is 2.34. The summed E-state index contributed by atoms with van der Waals surface area (Å²) in [5, 5.41) is 18.3. The van der Waals surface area contributed by atoms with Crippen LogP contribution in [0.2, 0.25) is 0 Å². The van der Waals surface area contributed by atoms with Crippen LogP contribution in [0, 0.1) is 0 Å². The lowest BCUT2D eigenvalue weighted by atomic mass is 10.2. The number of amides is 1. The van der Waals surface area contributed by atoms with E-state index in [1.54, 1.807) is 12.1 Å². The number of carbonyl (C=O) groups is 1. The summed E-state index contributed by atoms with van der Waals surface area (Å²) in [6.45, 7) is -0.739. The molecular weight excluding hydrogens is 160 g/mol. The third-order valence-corrected chi connectivity index (χ3v) is 1.65. The van der Waals surface area contributed by atoms with Crippen molar-refractivity contribution >= 4 is 5.91 Å². The number of nitrogens with zero attached hydrogens (tertiary/aromatic N) is 1. The van der Waals surface area contributed by atoms with Crippen molar-refractivity contribution in [3.05, 3.63) is 24.5 Å². The molecule has 1 aromatic heterocycles. The summed E-state index contributed by atoms with van der Waals surface area (Å²) in [5.41, 5.74) is 2.88. The molecule has 1 heterocycles. The van der Waals surface area contributed by atoms with Gasteiger partial charge in [0, 0.05) is 12.4 Å². The van der Waals surface area contributed by atoms with E-state index in [2.05, 4.69) is 0 Å². The van der Waals surface area contributed by atoms with Crippen LogP contribution in [0.5, 0.6) is 0 Å². The number of aliphatic hydroxyl groups excluding tert-OH is 1. The Labute approximate surface area is 69.0 Å². The Kier molecular flexibility index (Phi) is 2.16. The minimum absolute atomic E-state index is 0.739. The number of primary amides is 1. The van der Waals surface area contributed by atoms with Crippen molar-refractivity contribution in [1.82, 2.24) is 4.57 Å². The lowest BCUT2D eigenvalue weighted by Gasteiger charge is -2.23. The Bertz CT molecular complexity index is 270. The van der Waals surface area contributed by atoms with Crippen molar-refractivity contribution in [3.63, 3.8) is 0 Å². The fourth-order valence-corrected chi connectivity index (χ4v) is 0.868. The van der Waals surface area contributed by atoms with E-state index in [1.165, 1.54) is 12.4 Å². The summed E-state index contributed by atoms with van der Waals surface area (Å²) in [5.74, 6) is -0.985. The third kappa shape index (κ3) is 1.19. The summed E-state index contributed by atoms with van der Waals surface area (Å²) in [6, 6.07) is 3.23. The smallest absolute Gasteiger partial charge is 0.273 e. The maximum atomic E-state index is 10.7. The van der Waals surface area contributed by atoms with Gasteiger partial charge in [0.15, 0.2) is 0 Å². The highest BCUT2D eigenvalue weighted by atomic mass is 16.4. The van der Waals surface area contributed by atoms with Crippen molar-refractivity contribution in [2.75, 3.05) is 6.61 Å². The van der Waals surface area contributed by atoms with Crippen LogP contribution in [0.25, 0.3) is 0 Å². The predicted molar refractivity (Wildman–Crippen MR) is 40.9 cm³/mol. The molecule has 0 aliphatic heterocycles. The second-order valence-corrected chi connectivity index (χ2v) is 2.43. The van der Waals surface area contributed by atoms with E-state index in [4.69, 9.17) is 10.8 Å². The van der Waals surface area contributed by atoms with Crippen molar-refractivity contribution in [3.8, 4) is 0 Å². The standard InChI is InChI=1S/C7H10N2O3/c8-6(11)7(12,5-10)9-3-1-2-4-9/h1-4,10,12H,5H2,(H2,8,11). The molecule has 0 saturated carbocycles. The van der Waals surface area contributed by atoms with E-state index in [-0.39, 0.29) is 0 Å². The molecule has 4 N–H and O–H groups in total. The van der Waals surface area contributed by atoms with Crippen LogP contribution in [0.15, 0.2) is 24.5 Å². The van der Waals surface area contributed by atoms with E-state index in [0.29, 0.717) is 0 Å².